The zero-order chi connectivity index (χ0) is 14.7. The molecule has 1 aromatic heterocycles. The van der Waals surface area contributed by atoms with E-state index in [1.165, 1.54) is 0 Å². The van der Waals surface area contributed by atoms with Crippen molar-refractivity contribution in [2.45, 2.75) is 32.1 Å². The molecule has 21 heavy (non-hydrogen) atoms. The van der Waals surface area contributed by atoms with Gasteiger partial charge in [-0.3, -0.25) is 4.79 Å². The van der Waals surface area contributed by atoms with Crippen LogP contribution >= 0.6 is 0 Å². The molecule has 2 aromatic rings. The van der Waals surface area contributed by atoms with Crippen molar-refractivity contribution in [3.8, 4) is 0 Å². The van der Waals surface area contributed by atoms with Gasteiger partial charge in [0, 0.05) is 26.4 Å². The molecule has 1 fully saturated rings. The summed E-state index contributed by atoms with van der Waals surface area (Å²) in [7, 11) is 0. The summed E-state index contributed by atoms with van der Waals surface area (Å²) in [6.07, 6.45) is 2.58. The summed E-state index contributed by atoms with van der Waals surface area (Å²) in [5.74, 6) is 1.04. The minimum atomic E-state index is -0.166. The number of carbonyl (C=O) groups is 1. The molecule has 1 aliphatic rings. The van der Waals surface area contributed by atoms with E-state index in [1.54, 1.807) is 6.92 Å². The number of amides is 1. The second-order valence-corrected chi connectivity index (χ2v) is 5.41. The highest BCUT2D eigenvalue weighted by Gasteiger charge is 2.27. The first-order valence-corrected chi connectivity index (χ1v) is 7.37. The first-order valence-electron chi connectivity index (χ1n) is 7.37. The monoisotopic (exact) mass is 285 g/mol. The number of likely N-dealkylation sites (tertiary alicyclic amines) is 1. The van der Waals surface area contributed by atoms with Gasteiger partial charge in [-0.25, -0.2) is 0 Å². The van der Waals surface area contributed by atoms with Gasteiger partial charge in [-0.15, -0.1) is 10.2 Å². The summed E-state index contributed by atoms with van der Waals surface area (Å²) in [4.78, 5) is 14.4. The fourth-order valence-corrected chi connectivity index (χ4v) is 2.76. The maximum atomic E-state index is 12.4. The van der Waals surface area contributed by atoms with E-state index >= 15 is 0 Å². The minimum absolute atomic E-state index is 0.164. The standard InChI is InChI=1S/C16H19N3O2/c1-12-17-18-16(21-12)14(13-7-3-2-4-8-13)11-15(20)19-9-5-6-10-19/h2-4,7-8,14H,5-6,9-11H2,1H3. The summed E-state index contributed by atoms with van der Waals surface area (Å²) in [5, 5.41) is 8.01. The third-order valence-corrected chi connectivity index (χ3v) is 3.88. The number of aryl methyl sites for hydroxylation is 1. The molecule has 3 rings (SSSR count). The lowest BCUT2D eigenvalue weighted by atomic mass is 9.95. The lowest BCUT2D eigenvalue weighted by Crippen LogP contribution is -2.29. The van der Waals surface area contributed by atoms with Gasteiger partial charge in [0.2, 0.25) is 17.7 Å². The highest BCUT2D eigenvalue weighted by molar-refractivity contribution is 5.77. The van der Waals surface area contributed by atoms with Gasteiger partial charge in [-0.1, -0.05) is 30.3 Å². The van der Waals surface area contributed by atoms with E-state index in [9.17, 15) is 4.79 Å². The smallest absolute Gasteiger partial charge is 0.224 e. The zero-order valence-corrected chi connectivity index (χ0v) is 12.2. The second-order valence-electron chi connectivity index (χ2n) is 5.41. The van der Waals surface area contributed by atoms with E-state index in [0.29, 0.717) is 18.2 Å². The third-order valence-electron chi connectivity index (χ3n) is 3.88. The van der Waals surface area contributed by atoms with Crippen molar-refractivity contribution in [1.29, 1.82) is 0 Å². The molecule has 0 saturated carbocycles. The van der Waals surface area contributed by atoms with Gasteiger partial charge in [0.25, 0.3) is 0 Å². The number of rotatable bonds is 4. The minimum Gasteiger partial charge on any atom is -0.425 e. The first kappa shape index (κ1) is 13.8. The van der Waals surface area contributed by atoms with Crippen molar-refractivity contribution in [1.82, 2.24) is 15.1 Å². The van der Waals surface area contributed by atoms with Crippen LogP contribution < -0.4 is 0 Å². The van der Waals surface area contributed by atoms with Crippen molar-refractivity contribution in [2.75, 3.05) is 13.1 Å². The zero-order valence-electron chi connectivity index (χ0n) is 12.2. The van der Waals surface area contributed by atoms with Crippen LogP contribution in [-0.4, -0.2) is 34.1 Å². The predicted octanol–water partition coefficient (Wildman–Crippen LogP) is 2.52. The topological polar surface area (TPSA) is 59.2 Å². The molecule has 1 aromatic carbocycles. The van der Waals surface area contributed by atoms with E-state index in [1.807, 2.05) is 35.2 Å². The summed E-state index contributed by atoms with van der Waals surface area (Å²) in [6.45, 7) is 3.49. The van der Waals surface area contributed by atoms with Crippen LogP contribution in [0, 0.1) is 6.92 Å². The quantitative estimate of drug-likeness (QED) is 0.866. The Morgan fingerprint density at radius 2 is 1.95 bits per heavy atom. The number of hydrogen-bond acceptors (Lipinski definition) is 4. The van der Waals surface area contributed by atoms with E-state index in [4.69, 9.17) is 4.42 Å². The normalized spacial score (nSPS) is 16.1. The molecule has 0 bridgehead atoms. The maximum Gasteiger partial charge on any atom is 0.224 e. The van der Waals surface area contributed by atoms with E-state index in [-0.39, 0.29) is 11.8 Å². The first-order chi connectivity index (χ1) is 10.2. The third kappa shape index (κ3) is 3.12. The lowest BCUT2D eigenvalue weighted by Gasteiger charge is -2.19. The number of hydrogen-bond donors (Lipinski definition) is 0. The SMILES string of the molecule is Cc1nnc(C(CC(=O)N2CCCC2)c2ccccc2)o1. The number of aromatic nitrogens is 2. The van der Waals surface area contributed by atoms with Gasteiger partial charge in [0.05, 0.1) is 5.92 Å². The van der Waals surface area contributed by atoms with Gasteiger partial charge < -0.3 is 9.32 Å². The van der Waals surface area contributed by atoms with E-state index in [0.717, 1.165) is 31.5 Å². The lowest BCUT2D eigenvalue weighted by molar-refractivity contribution is -0.130. The Bertz CT molecular complexity index is 603. The molecule has 0 spiro atoms. The van der Waals surface area contributed by atoms with Crippen LogP contribution in [0.4, 0.5) is 0 Å². The van der Waals surface area contributed by atoms with Crippen LogP contribution in [0.3, 0.4) is 0 Å². The summed E-state index contributed by atoms with van der Waals surface area (Å²) < 4.78 is 5.57. The molecule has 1 amide bonds. The predicted molar refractivity (Wildman–Crippen MR) is 77.8 cm³/mol. The number of nitrogens with zero attached hydrogens (tertiary/aromatic N) is 3. The van der Waals surface area contributed by atoms with Crippen LogP contribution in [0.1, 0.15) is 42.5 Å². The van der Waals surface area contributed by atoms with Crippen LogP contribution in [0.15, 0.2) is 34.7 Å². The molecule has 5 nitrogen and oxygen atoms in total. The van der Waals surface area contributed by atoms with E-state index in [2.05, 4.69) is 10.2 Å². The molecule has 2 heterocycles. The largest absolute Gasteiger partial charge is 0.425 e. The van der Waals surface area contributed by atoms with Crippen LogP contribution in [0.2, 0.25) is 0 Å². The Balaban J connectivity index is 1.84. The molecule has 0 radical (unpaired) electrons. The Hall–Kier alpha value is -2.17. The second kappa shape index (κ2) is 6.08. The van der Waals surface area contributed by atoms with Gasteiger partial charge in [-0.2, -0.15) is 0 Å². The average molecular weight is 285 g/mol. The molecular formula is C16H19N3O2. The summed E-state index contributed by atoms with van der Waals surface area (Å²) >= 11 is 0. The van der Waals surface area contributed by atoms with Gasteiger partial charge in [0.15, 0.2) is 0 Å². The van der Waals surface area contributed by atoms with Crippen molar-refractivity contribution < 1.29 is 9.21 Å². The Morgan fingerprint density at radius 1 is 1.24 bits per heavy atom. The fourth-order valence-electron chi connectivity index (χ4n) is 2.76. The van der Waals surface area contributed by atoms with Crippen molar-refractivity contribution in [3.63, 3.8) is 0 Å². The molecule has 1 saturated heterocycles. The molecule has 0 N–H and O–H groups in total. The van der Waals surface area contributed by atoms with Crippen LogP contribution in [0.25, 0.3) is 0 Å². The Labute approximate surface area is 124 Å². The Kier molecular flexibility index (Phi) is 3.99. The van der Waals surface area contributed by atoms with E-state index < -0.39 is 0 Å². The fraction of sp³-hybridized carbons (Fsp3) is 0.438. The van der Waals surface area contributed by atoms with Crippen molar-refractivity contribution in [3.05, 3.63) is 47.7 Å². The summed E-state index contributed by atoms with van der Waals surface area (Å²) in [6, 6.07) is 9.89. The molecular weight excluding hydrogens is 266 g/mol. The molecule has 1 unspecified atom stereocenters. The number of carbonyl (C=O) groups excluding carboxylic acids is 1. The summed E-state index contributed by atoms with van der Waals surface area (Å²) in [5.41, 5.74) is 1.04. The van der Waals surface area contributed by atoms with Gasteiger partial charge in [-0.05, 0) is 18.4 Å². The average Bonchev–Trinajstić information content (AvgIpc) is 3.17. The molecule has 0 aliphatic carbocycles. The highest BCUT2D eigenvalue weighted by atomic mass is 16.4. The molecule has 5 heteroatoms. The van der Waals surface area contributed by atoms with Crippen molar-refractivity contribution >= 4 is 5.91 Å². The van der Waals surface area contributed by atoms with Crippen molar-refractivity contribution in [2.24, 2.45) is 0 Å². The maximum absolute atomic E-state index is 12.4. The van der Waals surface area contributed by atoms with Crippen LogP contribution in [0.5, 0.6) is 0 Å². The van der Waals surface area contributed by atoms with Crippen LogP contribution in [-0.2, 0) is 4.79 Å². The molecule has 1 atom stereocenters. The van der Waals surface area contributed by atoms with Gasteiger partial charge >= 0.3 is 0 Å². The molecule has 1 aliphatic heterocycles. The number of benzene rings is 1. The Morgan fingerprint density at radius 3 is 2.57 bits per heavy atom. The van der Waals surface area contributed by atoms with Gasteiger partial charge in [0.1, 0.15) is 0 Å². The molecule has 110 valence electrons. The highest BCUT2D eigenvalue weighted by Crippen LogP contribution is 2.28.